The zero-order valence-corrected chi connectivity index (χ0v) is 8.98. The van der Waals surface area contributed by atoms with Crippen LogP contribution in [0.1, 0.15) is 11.1 Å². The van der Waals surface area contributed by atoms with Crippen molar-refractivity contribution >= 4 is 27.5 Å². The molecule has 1 nitrogen and oxygen atoms in total. The first-order valence-corrected chi connectivity index (χ1v) is 5.02. The van der Waals surface area contributed by atoms with Gasteiger partial charge in [0.05, 0.1) is 22.0 Å². The van der Waals surface area contributed by atoms with E-state index in [0.29, 0.717) is 21.5 Å². The Hall–Kier alpha value is -0.960. The van der Waals surface area contributed by atoms with Crippen molar-refractivity contribution in [3.8, 4) is 17.9 Å². The lowest BCUT2D eigenvalue weighted by atomic mass is 10.1. The van der Waals surface area contributed by atoms with Gasteiger partial charge in [0, 0.05) is 5.56 Å². The van der Waals surface area contributed by atoms with Gasteiger partial charge in [-0.1, -0.05) is 39.4 Å². The van der Waals surface area contributed by atoms with Gasteiger partial charge in [0.2, 0.25) is 0 Å². The minimum absolute atomic E-state index is 0.572. The van der Waals surface area contributed by atoms with E-state index in [9.17, 15) is 0 Å². The standard InChI is InChI=1S/C10H5BrClN/c11-5-1-2-9-6-8(7-13)3-4-10(9)12/h3-4,6H,5H2. The van der Waals surface area contributed by atoms with E-state index in [-0.39, 0.29) is 0 Å². The summed E-state index contributed by atoms with van der Waals surface area (Å²) in [6, 6.07) is 7.06. The summed E-state index contributed by atoms with van der Waals surface area (Å²) < 4.78 is 0. The Balaban J connectivity index is 3.13. The molecule has 0 N–H and O–H groups in total. The fourth-order valence-corrected chi connectivity index (χ4v) is 1.12. The van der Waals surface area contributed by atoms with Crippen molar-refractivity contribution in [3.05, 3.63) is 34.3 Å². The lowest BCUT2D eigenvalue weighted by molar-refractivity contribution is 1.48. The Labute approximate surface area is 90.5 Å². The first-order chi connectivity index (χ1) is 6.27. The highest BCUT2D eigenvalue weighted by molar-refractivity contribution is 9.09. The molecule has 13 heavy (non-hydrogen) atoms. The number of rotatable bonds is 0. The van der Waals surface area contributed by atoms with Crippen molar-refractivity contribution in [2.45, 2.75) is 0 Å². The molecule has 0 unspecified atom stereocenters. The molecule has 64 valence electrons. The van der Waals surface area contributed by atoms with Gasteiger partial charge in [-0.2, -0.15) is 5.26 Å². The fraction of sp³-hybridized carbons (Fsp3) is 0.100. The molecular formula is C10H5BrClN. The smallest absolute Gasteiger partial charge is 0.0992 e. The molecule has 0 aliphatic rings. The molecule has 0 heterocycles. The molecule has 1 aromatic carbocycles. The van der Waals surface area contributed by atoms with Crippen LogP contribution in [-0.4, -0.2) is 5.33 Å². The number of halogens is 2. The third-order valence-electron chi connectivity index (χ3n) is 1.39. The molecule has 1 aromatic rings. The summed E-state index contributed by atoms with van der Waals surface area (Å²) >= 11 is 9.05. The molecule has 0 bridgehead atoms. The first-order valence-electron chi connectivity index (χ1n) is 3.52. The van der Waals surface area contributed by atoms with E-state index >= 15 is 0 Å². The van der Waals surface area contributed by atoms with E-state index in [0.717, 1.165) is 0 Å². The maximum atomic E-state index is 8.63. The summed E-state index contributed by atoms with van der Waals surface area (Å²) in [4.78, 5) is 0. The van der Waals surface area contributed by atoms with Crippen LogP contribution in [0, 0.1) is 23.2 Å². The van der Waals surface area contributed by atoms with Gasteiger partial charge >= 0.3 is 0 Å². The Kier molecular flexibility index (Phi) is 3.83. The summed E-state index contributed by atoms with van der Waals surface area (Å²) in [5, 5.41) is 9.80. The van der Waals surface area contributed by atoms with E-state index < -0.39 is 0 Å². The van der Waals surface area contributed by atoms with Crippen molar-refractivity contribution < 1.29 is 0 Å². The summed E-state index contributed by atoms with van der Waals surface area (Å²) in [5.74, 6) is 5.69. The van der Waals surface area contributed by atoms with E-state index in [1.54, 1.807) is 18.2 Å². The minimum Gasteiger partial charge on any atom is -0.192 e. The number of alkyl halides is 1. The van der Waals surface area contributed by atoms with Crippen LogP contribution in [0.4, 0.5) is 0 Å². The first kappa shape index (κ1) is 10.1. The van der Waals surface area contributed by atoms with Crippen LogP contribution in [0.15, 0.2) is 18.2 Å². The maximum Gasteiger partial charge on any atom is 0.0992 e. The van der Waals surface area contributed by atoms with Crippen LogP contribution in [0.5, 0.6) is 0 Å². The van der Waals surface area contributed by atoms with Crippen LogP contribution < -0.4 is 0 Å². The predicted molar refractivity (Wildman–Crippen MR) is 56.8 cm³/mol. The van der Waals surface area contributed by atoms with Crippen LogP contribution in [0.2, 0.25) is 5.02 Å². The Morgan fingerprint density at radius 2 is 2.23 bits per heavy atom. The van der Waals surface area contributed by atoms with Crippen molar-refractivity contribution in [1.29, 1.82) is 5.26 Å². The average Bonchev–Trinajstić information content (AvgIpc) is 2.17. The van der Waals surface area contributed by atoms with Crippen LogP contribution >= 0.6 is 27.5 Å². The van der Waals surface area contributed by atoms with E-state index in [1.165, 1.54) is 0 Å². The fourth-order valence-electron chi connectivity index (χ4n) is 0.819. The summed E-state index contributed by atoms with van der Waals surface area (Å²) in [6.07, 6.45) is 0. The molecule has 0 aliphatic carbocycles. The van der Waals surface area contributed by atoms with Gasteiger partial charge in [-0.25, -0.2) is 0 Å². The van der Waals surface area contributed by atoms with Crippen molar-refractivity contribution in [2.24, 2.45) is 0 Å². The molecule has 0 saturated heterocycles. The van der Waals surface area contributed by atoms with Gasteiger partial charge < -0.3 is 0 Å². The molecule has 0 amide bonds. The van der Waals surface area contributed by atoms with Gasteiger partial charge in [-0.15, -0.1) is 0 Å². The topological polar surface area (TPSA) is 23.8 Å². The lowest BCUT2D eigenvalue weighted by Crippen LogP contribution is -1.80. The van der Waals surface area contributed by atoms with E-state index in [4.69, 9.17) is 16.9 Å². The SMILES string of the molecule is N#Cc1ccc(Cl)c(C#CCBr)c1. The number of nitriles is 1. The second-order valence-electron chi connectivity index (χ2n) is 2.24. The summed E-state index contributed by atoms with van der Waals surface area (Å²) in [5.41, 5.74) is 1.27. The second-order valence-corrected chi connectivity index (χ2v) is 3.21. The molecule has 1 rings (SSSR count). The average molecular weight is 255 g/mol. The summed E-state index contributed by atoms with van der Waals surface area (Å²) in [7, 11) is 0. The lowest BCUT2D eigenvalue weighted by Gasteiger charge is -1.94. The van der Waals surface area contributed by atoms with Crippen LogP contribution in [0.3, 0.4) is 0 Å². The van der Waals surface area contributed by atoms with E-state index in [2.05, 4.69) is 27.8 Å². The molecule has 0 aliphatic heterocycles. The Morgan fingerprint density at radius 1 is 1.46 bits per heavy atom. The minimum atomic E-state index is 0.572. The molecule has 0 saturated carbocycles. The van der Waals surface area contributed by atoms with Crippen LogP contribution in [0.25, 0.3) is 0 Å². The van der Waals surface area contributed by atoms with Gasteiger partial charge in [0.25, 0.3) is 0 Å². The zero-order chi connectivity index (χ0) is 9.68. The zero-order valence-electron chi connectivity index (χ0n) is 6.64. The highest BCUT2D eigenvalue weighted by Crippen LogP contribution is 2.15. The van der Waals surface area contributed by atoms with Crippen molar-refractivity contribution in [1.82, 2.24) is 0 Å². The molecule has 0 fully saturated rings. The molecule has 0 aromatic heterocycles. The Morgan fingerprint density at radius 3 is 2.85 bits per heavy atom. The molecule has 0 atom stereocenters. The van der Waals surface area contributed by atoms with Crippen molar-refractivity contribution in [2.75, 3.05) is 5.33 Å². The number of nitrogens with zero attached hydrogens (tertiary/aromatic N) is 1. The predicted octanol–water partition coefficient (Wildman–Crippen LogP) is 2.96. The molecule has 0 spiro atoms. The van der Waals surface area contributed by atoms with Gasteiger partial charge in [0.1, 0.15) is 0 Å². The maximum absolute atomic E-state index is 8.63. The van der Waals surface area contributed by atoms with Gasteiger partial charge in [-0.3, -0.25) is 0 Å². The molecule has 3 heteroatoms. The van der Waals surface area contributed by atoms with E-state index in [1.807, 2.05) is 6.07 Å². The quantitative estimate of drug-likeness (QED) is 0.516. The number of hydrogen-bond acceptors (Lipinski definition) is 1. The second kappa shape index (κ2) is 4.92. The molecular weight excluding hydrogens is 249 g/mol. The Bertz CT molecular complexity index is 409. The molecule has 0 radical (unpaired) electrons. The van der Waals surface area contributed by atoms with Gasteiger partial charge in [-0.05, 0) is 18.2 Å². The van der Waals surface area contributed by atoms with Gasteiger partial charge in [0.15, 0.2) is 0 Å². The van der Waals surface area contributed by atoms with Crippen LogP contribution in [-0.2, 0) is 0 Å². The number of hydrogen-bond donors (Lipinski definition) is 0. The highest BCUT2D eigenvalue weighted by Gasteiger charge is 1.97. The largest absolute Gasteiger partial charge is 0.192 e. The number of benzene rings is 1. The monoisotopic (exact) mass is 253 g/mol. The summed E-state index contributed by atoms with van der Waals surface area (Å²) in [6.45, 7) is 0. The highest BCUT2D eigenvalue weighted by atomic mass is 79.9. The third-order valence-corrected chi connectivity index (χ3v) is 2.00. The third kappa shape index (κ3) is 2.77. The van der Waals surface area contributed by atoms with Crippen molar-refractivity contribution in [3.63, 3.8) is 0 Å². The normalized spacial score (nSPS) is 8.38.